The van der Waals surface area contributed by atoms with Crippen molar-refractivity contribution in [1.82, 2.24) is 5.32 Å². The number of nitrogens with two attached hydrogens (primary N) is 1. The standard InChI is InChI=1S/C24H23Cl2N3OS/c1-14-4-6-16(7-5-14)21(13-20(27)17-10-18(25)12-19(26)11-17)29-15(2)22-8-9-23(31-22)24(30)28-3/h4-13,15H,27H2,1-3H3,(H,28,30). The molecule has 7 heteroatoms. The first-order chi connectivity index (χ1) is 14.8. The van der Waals surface area contributed by atoms with Gasteiger partial charge in [0.05, 0.1) is 16.6 Å². The zero-order valence-corrected chi connectivity index (χ0v) is 19.8. The molecule has 1 heterocycles. The van der Waals surface area contributed by atoms with Gasteiger partial charge in [-0.2, -0.15) is 0 Å². The molecule has 4 nitrogen and oxygen atoms in total. The number of allylic oxidation sites excluding steroid dienone is 1. The maximum atomic E-state index is 11.9. The van der Waals surface area contributed by atoms with Crippen LogP contribution in [0.4, 0.5) is 0 Å². The zero-order chi connectivity index (χ0) is 22.5. The Kier molecular flexibility index (Phi) is 7.55. The van der Waals surface area contributed by atoms with Crippen molar-refractivity contribution in [3.63, 3.8) is 0 Å². The second-order valence-electron chi connectivity index (χ2n) is 7.10. The van der Waals surface area contributed by atoms with Crippen molar-refractivity contribution in [2.24, 2.45) is 10.7 Å². The van der Waals surface area contributed by atoms with E-state index in [9.17, 15) is 4.79 Å². The van der Waals surface area contributed by atoms with Crippen molar-refractivity contribution in [3.05, 3.63) is 97.2 Å². The maximum absolute atomic E-state index is 11.9. The summed E-state index contributed by atoms with van der Waals surface area (Å²) in [4.78, 5) is 18.5. The number of carbonyl (C=O) groups is 1. The smallest absolute Gasteiger partial charge is 0.261 e. The Labute approximate surface area is 196 Å². The third-order valence-electron chi connectivity index (χ3n) is 4.66. The van der Waals surface area contributed by atoms with E-state index in [-0.39, 0.29) is 11.9 Å². The molecule has 2 aromatic carbocycles. The minimum absolute atomic E-state index is 0.104. The van der Waals surface area contributed by atoms with E-state index >= 15 is 0 Å². The van der Waals surface area contributed by atoms with Gasteiger partial charge < -0.3 is 11.1 Å². The van der Waals surface area contributed by atoms with Gasteiger partial charge in [0.2, 0.25) is 0 Å². The summed E-state index contributed by atoms with van der Waals surface area (Å²) in [5.41, 5.74) is 10.5. The first kappa shape index (κ1) is 23.1. The molecule has 1 aromatic heterocycles. The van der Waals surface area contributed by atoms with Gasteiger partial charge in [0.1, 0.15) is 0 Å². The Morgan fingerprint density at radius 1 is 1.06 bits per heavy atom. The van der Waals surface area contributed by atoms with Crippen LogP contribution >= 0.6 is 34.5 Å². The van der Waals surface area contributed by atoms with Gasteiger partial charge in [-0.25, -0.2) is 0 Å². The summed E-state index contributed by atoms with van der Waals surface area (Å²) in [6, 6.07) is 16.9. The Bertz CT molecular complexity index is 1130. The largest absolute Gasteiger partial charge is 0.398 e. The second kappa shape index (κ2) is 10.1. The first-order valence-electron chi connectivity index (χ1n) is 9.67. The summed E-state index contributed by atoms with van der Waals surface area (Å²) >= 11 is 13.7. The number of carbonyl (C=O) groups excluding carboxylic acids is 1. The van der Waals surface area contributed by atoms with Crippen LogP contribution in [0.25, 0.3) is 5.70 Å². The third-order valence-corrected chi connectivity index (χ3v) is 6.35. The number of nitrogens with one attached hydrogen (secondary N) is 1. The summed E-state index contributed by atoms with van der Waals surface area (Å²) in [7, 11) is 1.62. The van der Waals surface area contributed by atoms with E-state index in [4.69, 9.17) is 33.9 Å². The molecule has 31 heavy (non-hydrogen) atoms. The number of amides is 1. The van der Waals surface area contributed by atoms with Gasteiger partial charge in [0.25, 0.3) is 5.91 Å². The van der Waals surface area contributed by atoms with Crippen molar-refractivity contribution in [2.45, 2.75) is 19.9 Å². The van der Waals surface area contributed by atoms with Crippen LogP contribution in [0, 0.1) is 6.92 Å². The number of hydrogen-bond acceptors (Lipinski definition) is 4. The molecule has 0 aliphatic heterocycles. The molecule has 1 atom stereocenters. The molecule has 160 valence electrons. The van der Waals surface area contributed by atoms with Crippen molar-refractivity contribution < 1.29 is 4.79 Å². The number of aliphatic imine (C=N–C) groups is 1. The van der Waals surface area contributed by atoms with E-state index in [1.807, 2.05) is 56.3 Å². The molecule has 0 radical (unpaired) electrons. The number of thiophene rings is 1. The molecule has 3 N–H and O–H groups in total. The highest BCUT2D eigenvalue weighted by Gasteiger charge is 2.13. The Morgan fingerprint density at radius 2 is 1.71 bits per heavy atom. The lowest BCUT2D eigenvalue weighted by atomic mass is 10.0. The Balaban J connectivity index is 2.02. The highest BCUT2D eigenvalue weighted by Crippen LogP contribution is 2.27. The van der Waals surface area contributed by atoms with E-state index in [2.05, 4.69) is 5.32 Å². The number of benzene rings is 2. The van der Waals surface area contributed by atoms with E-state index < -0.39 is 0 Å². The summed E-state index contributed by atoms with van der Waals surface area (Å²) < 4.78 is 0. The van der Waals surface area contributed by atoms with E-state index in [1.165, 1.54) is 11.3 Å². The van der Waals surface area contributed by atoms with Gasteiger partial charge in [-0.3, -0.25) is 9.79 Å². The van der Waals surface area contributed by atoms with E-state index in [1.54, 1.807) is 25.2 Å². The summed E-state index contributed by atoms with van der Waals surface area (Å²) in [5.74, 6) is -0.104. The van der Waals surface area contributed by atoms with Gasteiger partial charge in [-0.05, 0) is 55.8 Å². The fourth-order valence-electron chi connectivity index (χ4n) is 2.97. The van der Waals surface area contributed by atoms with Gasteiger partial charge in [-0.1, -0.05) is 53.0 Å². The van der Waals surface area contributed by atoms with Crippen LogP contribution in [0.3, 0.4) is 0 Å². The van der Waals surface area contributed by atoms with Crippen LogP contribution in [0.15, 0.2) is 65.7 Å². The maximum Gasteiger partial charge on any atom is 0.261 e. The third kappa shape index (κ3) is 5.97. The van der Waals surface area contributed by atoms with Crippen molar-refractivity contribution in [1.29, 1.82) is 0 Å². The topological polar surface area (TPSA) is 67.5 Å². The molecule has 0 aliphatic carbocycles. The van der Waals surface area contributed by atoms with Crippen LogP contribution in [0.1, 0.15) is 44.2 Å². The summed E-state index contributed by atoms with van der Waals surface area (Å²) in [6.07, 6.45) is 1.83. The summed E-state index contributed by atoms with van der Waals surface area (Å²) in [5, 5.41) is 3.68. The lowest BCUT2D eigenvalue weighted by molar-refractivity contribution is 0.0967. The minimum atomic E-state index is -0.160. The van der Waals surface area contributed by atoms with Crippen LogP contribution in [0.2, 0.25) is 10.0 Å². The highest BCUT2D eigenvalue weighted by molar-refractivity contribution is 7.14. The predicted molar refractivity (Wildman–Crippen MR) is 132 cm³/mol. The van der Waals surface area contributed by atoms with Crippen LogP contribution in [-0.4, -0.2) is 18.7 Å². The number of rotatable bonds is 6. The van der Waals surface area contributed by atoms with Crippen molar-refractivity contribution in [2.75, 3.05) is 7.05 Å². The highest BCUT2D eigenvalue weighted by atomic mass is 35.5. The average molecular weight is 472 g/mol. The average Bonchev–Trinajstić information content (AvgIpc) is 3.23. The van der Waals surface area contributed by atoms with E-state index in [0.29, 0.717) is 20.6 Å². The molecule has 1 unspecified atom stereocenters. The lowest BCUT2D eigenvalue weighted by Crippen LogP contribution is -2.15. The van der Waals surface area contributed by atoms with Gasteiger partial charge >= 0.3 is 0 Å². The monoisotopic (exact) mass is 471 g/mol. The molecule has 3 aromatic rings. The van der Waals surface area contributed by atoms with Gasteiger partial charge in [0.15, 0.2) is 0 Å². The molecule has 0 saturated heterocycles. The quantitative estimate of drug-likeness (QED) is 0.415. The minimum Gasteiger partial charge on any atom is -0.398 e. The first-order valence-corrected chi connectivity index (χ1v) is 11.2. The predicted octanol–water partition coefficient (Wildman–Crippen LogP) is 6.27. The van der Waals surface area contributed by atoms with E-state index in [0.717, 1.165) is 27.3 Å². The SMILES string of the molecule is CNC(=O)c1ccc(C(C)N=C(C=C(N)c2cc(Cl)cc(Cl)c2)c2ccc(C)cc2)s1. The molecule has 0 spiro atoms. The normalized spacial score (nSPS) is 13.2. The summed E-state index contributed by atoms with van der Waals surface area (Å²) in [6.45, 7) is 4.03. The van der Waals surface area contributed by atoms with Crippen molar-refractivity contribution >= 4 is 51.9 Å². The molecule has 0 aliphatic rings. The fourth-order valence-corrected chi connectivity index (χ4v) is 4.44. The molecular weight excluding hydrogens is 449 g/mol. The Morgan fingerprint density at radius 3 is 2.32 bits per heavy atom. The number of nitrogens with zero attached hydrogens (tertiary/aromatic N) is 1. The molecule has 0 fully saturated rings. The van der Waals surface area contributed by atoms with Crippen LogP contribution in [-0.2, 0) is 0 Å². The molecule has 1 amide bonds. The number of hydrogen-bond donors (Lipinski definition) is 2. The lowest BCUT2D eigenvalue weighted by Gasteiger charge is -2.10. The number of halogens is 2. The Hall–Kier alpha value is -2.60. The van der Waals surface area contributed by atoms with Gasteiger partial charge in [-0.15, -0.1) is 11.3 Å². The second-order valence-corrected chi connectivity index (χ2v) is 9.08. The van der Waals surface area contributed by atoms with Crippen LogP contribution in [0.5, 0.6) is 0 Å². The fraction of sp³-hybridized carbons (Fsp3) is 0.167. The molecule has 3 rings (SSSR count). The molecular formula is C24H23Cl2N3OS. The van der Waals surface area contributed by atoms with Gasteiger partial charge in [0, 0.05) is 33.2 Å². The molecule has 0 bridgehead atoms. The van der Waals surface area contributed by atoms with Crippen LogP contribution < -0.4 is 11.1 Å². The van der Waals surface area contributed by atoms with Crippen molar-refractivity contribution in [3.8, 4) is 0 Å². The zero-order valence-electron chi connectivity index (χ0n) is 17.4. The molecule has 0 saturated carbocycles. The number of aryl methyl sites for hydroxylation is 1.